The molecule has 17 heavy (non-hydrogen) atoms. The molecule has 2 unspecified atom stereocenters. The predicted molar refractivity (Wildman–Crippen MR) is 61.5 cm³/mol. The van der Waals surface area contributed by atoms with Crippen LogP contribution in [0.3, 0.4) is 0 Å². The first-order chi connectivity index (χ1) is 8.24. The van der Waals surface area contributed by atoms with E-state index in [1.807, 2.05) is 0 Å². The first-order valence-electron chi connectivity index (χ1n) is 6.59. The van der Waals surface area contributed by atoms with Crippen molar-refractivity contribution in [3.63, 3.8) is 0 Å². The number of carbonyl (C=O) groups is 1. The molecule has 0 saturated heterocycles. The van der Waals surface area contributed by atoms with Gasteiger partial charge in [-0.3, -0.25) is 4.79 Å². The maximum Gasteiger partial charge on any atom is 0.234 e. The molecule has 4 nitrogen and oxygen atoms in total. The van der Waals surface area contributed by atoms with Gasteiger partial charge < -0.3 is 4.52 Å². The highest BCUT2D eigenvalue weighted by Gasteiger charge is 2.38. The number of rotatable bonds is 4. The monoisotopic (exact) mass is 234 g/mol. The normalized spacial score (nSPS) is 28.5. The van der Waals surface area contributed by atoms with Crippen LogP contribution in [0.5, 0.6) is 0 Å². The van der Waals surface area contributed by atoms with Crippen molar-refractivity contribution >= 4 is 5.78 Å². The lowest BCUT2D eigenvalue weighted by Gasteiger charge is -2.04. The second kappa shape index (κ2) is 4.24. The van der Waals surface area contributed by atoms with Crippen molar-refractivity contribution in [1.82, 2.24) is 10.1 Å². The number of aromatic nitrogens is 2. The summed E-state index contributed by atoms with van der Waals surface area (Å²) in [5.41, 5.74) is 0. The SMILES string of the molecule is CC1CC1c1noc(CC(=O)C2CCCC2)n1. The number of hydrogen-bond donors (Lipinski definition) is 0. The van der Waals surface area contributed by atoms with Gasteiger partial charge in [0.25, 0.3) is 0 Å². The molecule has 0 amide bonds. The van der Waals surface area contributed by atoms with E-state index >= 15 is 0 Å². The van der Waals surface area contributed by atoms with E-state index in [0.717, 1.165) is 25.1 Å². The molecule has 92 valence electrons. The van der Waals surface area contributed by atoms with Crippen LogP contribution >= 0.6 is 0 Å². The summed E-state index contributed by atoms with van der Waals surface area (Å²) in [6.07, 6.45) is 5.93. The van der Waals surface area contributed by atoms with Crippen molar-refractivity contribution < 1.29 is 9.32 Å². The Balaban J connectivity index is 1.60. The first-order valence-corrected chi connectivity index (χ1v) is 6.59. The molecule has 2 aliphatic rings. The molecule has 3 rings (SSSR count). The van der Waals surface area contributed by atoms with Crippen molar-refractivity contribution in [2.45, 2.75) is 51.4 Å². The Hall–Kier alpha value is -1.19. The van der Waals surface area contributed by atoms with Crippen LogP contribution < -0.4 is 0 Å². The molecule has 0 aliphatic heterocycles. The molecule has 2 aliphatic carbocycles. The first kappa shape index (κ1) is 10.9. The number of hydrogen-bond acceptors (Lipinski definition) is 4. The van der Waals surface area contributed by atoms with Crippen LogP contribution in [0.4, 0.5) is 0 Å². The second-order valence-corrected chi connectivity index (χ2v) is 5.49. The van der Waals surface area contributed by atoms with E-state index < -0.39 is 0 Å². The van der Waals surface area contributed by atoms with Gasteiger partial charge in [-0.15, -0.1) is 0 Å². The Morgan fingerprint density at radius 3 is 2.76 bits per heavy atom. The van der Waals surface area contributed by atoms with Crippen LogP contribution in [-0.2, 0) is 11.2 Å². The topological polar surface area (TPSA) is 56.0 Å². The summed E-state index contributed by atoms with van der Waals surface area (Å²) < 4.78 is 5.16. The zero-order valence-corrected chi connectivity index (χ0v) is 10.2. The maximum absolute atomic E-state index is 11.9. The zero-order chi connectivity index (χ0) is 11.8. The van der Waals surface area contributed by atoms with Crippen molar-refractivity contribution in [2.24, 2.45) is 11.8 Å². The molecule has 2 fully saturated rings. The van der Waals surface area contributed by atoms with Crippen LogP contribution in [0.2, 0.25) is 0 Å². The van der Waals surface area contributed by atoms with Gasteiger partial charge in [-0.1, -0.05) is 24.9 Å². The second-order valence-electron chi connectivity index (χ2n) is 5.49. The fraction of sp³-hybridized carbons (Fsp3) is 0.769. The molecule has 0 radical (unpaired) electrons. The Morgan fingerprint density at radius 1 is 1.41 bits per heavy atom. The Labute approximate surface area is 101 Å². The molecular formula is C13H18N2O2. The fourth-order valence-electron chi connectivity index (χ4n) is 2.71. The summed E-state index contributed by atoms with van der Waals surface area (Å²) in [7, 11) is 0. The predicted octanol–water partition coefficient (Wildman–Crippen LogP) is 2.49. The third kappa shape index (κ3) is 2.26. The molecule has 2 atom stereocenters. The van der Waals surface area contributed by atoms with E-state index in [0.29, 0.717) is 24.1 Å². The fourth-order valence-corrected chi connectivity index (χ4v) is 2.71. The molecular weight excluding hydrogens is 216 g/mol. The average Bonchev–Trinajstić information content (AvgIpc) is 2.79. The smallest absolute Gasteiger partial charge is 0.234 e. The van der Waals surface area contributed by atoms with Gasteiger partial charge in [-0.25, -0.2) is 0 Å². The van der Waals surface area contributed by atoms with Crippen molar-refractivity contribution in [3.8, 4) is 0 Å². The number of ketones is 1. The number of Topliss-reactive ketones (excluding diaryl/α,β-unsaturated/α-hetero) is 1. The summed E-state index contributed by atoms with van der Waals surface area (Å²) in [6.45, 7) is 2.18. The number of carbonyl (C=O) groups excluding carboxylic acids is 1. The van der Waals surface area contributed by atoms with Gasteiger partial charge in [0.15, 0.2) is 5.82 Å². The molecule has 0 aromatic carbocycles. The van der Waals surface area contributed by atoms with Crippen molar-refractivity contribution in [2.75, 3.05) is 0 Å². The lowest BCUT2D eigenvalue weighted by atomic mass is 10.0. The van der Waals surface area contributed by atoms with Crippen LogP contribution in [0.25, 0.3) is 0 Å². The zero-order valence-electron chi connectivity index (χ0n) is 10.2. The Kier molecular flexibility index (Phi) is 2.73. The molecule has 1 aromatic rings. The van der Waals surface area contributed by atoms with Crippen LogP contribution in [-0.4, -0.2) is 15.9 Å². The highest BCUT2D eigenvalue weighted by atomic mass is 16.5. The number of nitrogens with zero attached hydrogens (tertiary/aromatic N) is 2. The summed E-state index contributed by atoms with van der Waals surface area (Å²) >= 11 is 0. The summed E-state index contributed by atoms with van der Waals surface area (Å²) in [6, 6.07) is 0. The maximum atomic E-state index is 11.9. The molecule has 0 bridgehead atoms. The van der Waals surface area contributed by atoms with E-state index in [4.69, 9.17) is 4.52 Å². The molecule has 2 saturated carbocycles. The quantitative estimate of drug-likeness (QED) is 0.803. The third-order valence-electron chi connectivity index (χ3n) is 4.06. The average molecular weight is 234 g/mol. The van der Waals surface area contributed by atoms with Gasteiger partial charge in [0.05, 0.1) is 6.42 Å². The van der Waals surface area contributed by atoms with Crippen LogP contribution in [0.1, 0.15) is 56.7 Å². The van der Waals surface area contributed by atoms with E-state index in [1.165, 1.54) is 12.8 Å². The Bertz CT molecular complexity index is 421. The molecule has 0 spiro atoms. The van der Waals surface area contributed by atoms with Gasteiger partial charge in [0, 0.05) is 11.8 Å². The van der Waals surface area contributed by atoms with Crippen molar-refractivity contribution in [3.05, 3.63) is 11.7 Å². The summed E-state index contributed by atoms with van der Waals surface area (Å²) in [5, 5.41) is 3.97. The lowest BCUT2D eigenvalue weighted by molar-refractivity contribution is -0.122. The largest absolute Gasteiger partial charge is 0.339 e. The van der Waals surface area contributed by atoms with E-state index in [1.54, 1.807) is 0 Å². The van der Waals surface area contributed by atoms with Gasteiger partial charge in [0.1, 0.15) is 5.78 Å². The molecule has 4 heteroatoms. The van der Waals surface area contributed by atoms with Gasteiger partial charge in [0.2, 0.25) is 5.89 Å². The van der Waals surface area contributed by atoms with E-state index in [-0.39, 0.29) is 11.7 Å². The molecule has 0 N–H and O–H groups in total. The highest BCUT2D eigenvalue weighted by molar-refractivity contribution is 5.82. The third-order valence-corrected chi connectivity index (χ3v) is 4.06. The van der Waals surface area contributed by atoms with Gasteiger partial charge in [-0.2, -0.15) is 4.98 Å². The van der Waals surface area contributed by atoms with Gasteiger partial charge >= 0.3 is 0 Å². The minimum Gasteiger partial charge on any atom is -0.339 e. The highest BCUT2D eigenvalue weighted by Crippen LogP contribution is 2.45. The molecule has 1 aromatic heterocycles. The van der Waals surface area contributed by atoms with E-state index in [2.05, 4.69) is 17.1 Å². The van der Waals surface area contributed by atoms with Crippen molar-refractivity contribution in [1.29, 1.82) is 0 Å². The lowest BCUT2D eigenvalue weighted by Crippen LogP contribution is -2.13. The van der Waals surface area contributed by atoms with Crippen LogP contribution in [0, 0.1) is 11.8 Å². The minimum absolute atomic E-state index is 0.241. The Morgan fingerprint density at radius 2 is 2.12 bits per heavy atom. The van der Waals surface area contributed by atoms with Crippen LogP contribution in [0.15, 0.2) is 4.52 Å². The van der Waals surface area contributed by atoms with Gasteiger partial charge in [-0.05, 0) is 25.2 Å². The summed E-state index contributed by atoms with van der Waals surface area (Å²) in [4.78, 5) is 16.3. The molecule has 1 heterocycles. The minimum atomic E-state index is 0.241. The summed E-state index contributed by atoms with van der Waals surface area (Å²) in [5.74, 6) is 2.97. The van der Waals surface area contributed by atoms with E-state index in [9.17, 15) is 4.79 Å². The standard InChI is InChI=1S/C13H18N2O2/c1-8-6-10(8)13-14-12(17-15-13)7-11(16)9-4-2-3-5-9/h8-10H,2-7H2,1H3.